The number of carboxylic acid groups (broad SMARTS) is 1. The van der Waals surface area contributed by atoms with Crippen LogP contribution >= 0.6 is 0 Å². The summed E-state index contributed by atoms with van der Waals surface area (Å²) in [6.07, 6.45) is 14.1. The molecule has 37 heavy (non-hydrogen) atoms. The molecule has 2 saturated heterocycles. The maximum absolute atomic E-state index is 13.9. The van der Waals surface area contributed by atoms with E-state index in [1.807, 2.05) is 28.8 Å². The molecule has 2 aromatic rings. The molecule has 6 atom stereocenters. The van der Waals surface area contributed by atoms with Crippen molar-refractivity contribution in [3.8, 4) is 0 Å². The van der Waals surface area contributed by atoms with E-state index in [1.165, 1.54) is 57.8 Å². The Morgan fingerprint density at radius 2 is 1.65 bits per heavy atom. The van der Waals surface area contributed by atoms with E-state index in [4.69, 9.17) is 9.94 Å². The summed E-state index contributed by atoms with van der Waals surface area (Å²) in [7, 11) is 0. The smallest absolute Gasteiger partial charge is 0.344 e. The zero-order chi connectivity index (χ0) is 25.5. The van der Waals surface area contributed by atoms with Crippen molar-refractivity contribution in [1.29, 1.82) is 0 Å². The van der Waals surface area contributed by atoms with Crippen LogP contribution in [0.15, 0.2) is 34.2 Å². The molecule has 198 valence electrons. The van der Waals surface area contributed by atoms with Gasteiger partial charge in [-0.25, -0.2) is 9.78 Å². The zero-order valence-corrected chi connectivity index (χ0v) is 21.7. The molecule has 8 nitrogen and oxygen atoms in total. The van der Waals surface area contributed by atoms with Crippen LogP contribution in [-0.2, 0) is 9.63 Å². The lowest BCUT2D eigenvalue weighted by molar-refractivity contribution is -0.142. The normalized spacial score (nSPS) is 32.3. The highest BCUT2D eigenvalue weighted by Gasteiger charge is 2.45. The molecule has 0 spiro atoms. The highest BCUT2D eigenvalue weighted by molar-refractivity contribution is 5.97. The maximum Gasteiger partial charge on any atom is 0.344 e. The van der Waals surface area contributed by atoms with Gasteiger partial charge >= 0.3 is 5.97 Å². The van der Waals surface area contributed by atoms with Gasteiger partial charge in [-0.15, -0.1) is 0 Å². The number of hydrogen-bond acceptors (Lipinski definition) is 6. The van der Waals surface area contributed by atoms with Crippen molar-refractivity contribution in [2.45, 2.75) is 102 Å². The number of rotatable bonds is 6. The minimum absolute atomic E-state index is 0.113. The number of fused-ring (bicyclic) bond motifs is 5. The molecular formula is C29H38N4O4. The van der Waals surface area contributed by atoms with Gasteiger partial charge in [-0.2, -0.15) is 0 Å². The standard InChI is InChI=1S/C29H38N4O4/c1-18(31-37-17-27(34)35)28-29(36)33(26-11-3-2-10-25(26)30-28)24-15-21-8-5-9-22(16-24)32(21)23-13-19-6-4-7-20(12-19)14-23/h2-3,10-11,19-24H,4-9,12-17H2,1H3,(H,34,35)/b31-18+/t19-,20+,21-,22+,23?,24+. The zero-order valence-electron chi connectivity index (χ0n) is 21.7. The van der Waals surface area contributed by atoms with Crippen molar-refractivity contribution in [3.63, 3.8) is 0 Å². The Balaban J connectivity index is 1.32. The van der Waals surface area contributed by atoms with Crippen LogP contribution in [-0.4, -0.2) is 56.0 Å². The molecule has 4 bridgehead atoms. The number of carboxylic acids is 1. The number of hydrogen-bond donors (Lipinski definition) is 1. The number of piperidine rings is 2. The molecule has 2 aliphatic carbocycles. The van der Waals surface area contributed by atoms with E-state index in [1.54, 1.807) is 6.92 Å². The van der Waals surface area contributed by atoms with E-state index in [9.17, 15) is 9.59 Å². The van der Waals surface area contributed by atoms with Crippen LogP contribution in [0.3, 0.4) is 0 Å². The van der Waals surface area contributed by atoms with Gasteiger partial charge < -0.3 is 14.5 Å². The van der Waals surface area contributed by atoms with Crippen molar-refractivity contribution >= 4 is 22.7 Å². The van der Waals surface area contributed by atoms with Gasteiger partial charge in [0.15, 0.2) is 5.69 Å². The summed E-state index contributed by atoms with van der Waals surface area (Å²) in [5.41, 5.74) is 1.98. The van der Waals surface area contributed by atoms with Crippen molar-refractivity contribution in [1.82, 2.24) is 14.5 Å². The average Bonchev–Trinajstić information content (AvgIpc) is 2.87. The summed E-state index contributed by atoms with van der Waals surface area (Å²) in [5, 5.41) is 12.8. The third-order valence-corrected chi connectivity index (χ3v) is 9.42. The molecule has 1 N–H and O–H groups in total. The summed E-state index contributed by atoms with van der Waals surface area (Å²) in [6.45, 7) is 1.10. The monoisotopic (exact) mass is 506 g/mol. The van der Waals surface area contributed by atoms with Gasteiger partial charge in [0.05, 0.1) is 11.0 Å². The van der Waals surface area contributed by atoms with Crippen LogP contribution < -0.4 is 5.56 Å². The second kappa shape index (κ2) is 10.2. The first-order valence-corrected chi connectivity index (χ1v) is 14.2. The number of benzene rings is 1. The quantitative estimate of drug-likeness (QED) is 0.449. The van der Waals surface area contributed by atoms with Crippen LogP contribution in [0.1, 0.15) is 89.3 Å². The van der Waals surface area contributed by atoms with E-state index in [0.717, 1.165) is 35.7 Å². The number of para-hydroxylation sites is 2. The Labute approximate surface area is 217 Å². The topological polar surface area (TPSA) is 97.0 Å². The number of carbonyl (C=O) groups is 1. The molecule has 0 radical (unpaired) electrons. The lowest BCUT2D eigenvalue weighted by Crippen LogP contribution is -2.58. The fourth-order valence-corrected chi connectivity index (χ4v) is 8.12. The van der Waals surface area contributed by atoms with Crippen LogP contribution in [0.4, 0.5) is 0 Å². The van der Waals surface area contributed by atoms with Crippen molar-refractivity contribution < 1.29 is 14.7 Å². The molecule has 0 amide bonds. The summed E-state index contributed by atoms with van der Waals surface area (Å²) < 4.78 is 1.96. The second-order valence-electron chi connectivity index (χ2n) is 11.8. The highest BCUT2D eigenvalue weighted by atomic mass is 16.6. The predicted octanol–water partition coefficient (Wildman–Crippen LogP) is 4.75. The minimum atomic E-state index is -1.11. The number of nitrogens with zero attached hydrogens (tertiary/aromatic N) is 4. The molecule has 1 aromatic heterocycles. The third-order valence-electron chi connectivity index (χ3n) is 9.42. The van der Waals surface area contributed by atoms with Crippen molar-refractivity contribution in [2.75, 3.05) is 6.61 Å². The molecule has 2 aliphatic heterocycles. The number of aromatic nitrogens is 2. The van der Waals surface area contributed by atoms with E-state index in [0.29, 0.717) is 23.8 Å². The molecule has 4 fully saturated rings. The first-order valence-electron chi connectivity index (χ1n) is 14.2. The van der Waals surface area contributed by atoms with E-state index in [2.05, 4.69) is 15.0 Å². The van der Waals surface area contributed by atoms with Gasteiger partial charge in [0, 0.05) is 24.2 Å². The van der Waals surface area contributed by atoms with E-state index in [-0.39, 0.29) is 17.3 Å². The van der Waals surface area contributed by atoms with Crippen LogP contribution in [0, 0.1) is 11.8 Å². The summed E-state index contributed by atoms with van der Waals surface area (Å²) in [6, 6.07) is 9.69. The van der Waals surface area contributed by atoms with Gasteiger partial charge in [0.1, 0.15) is 5.71 Å². The van der Waals surface area contributed by atoms with Crippen molar-refractivity contribution in [3.05, 3.63) is 40.3 Å². The van der Waals surface area contributed by atoms with Gasteiger partial charge in [-0.05, 0) is 75.8 Å². The molecule has 1 unspecified atom stereocenters. The fourth-order valence-electron chi connectivity index (χ4n) is 8.12. The Morgan fingerprint density at radius 3 is 2.35 bits per heavy atom. The third kappa shape index (κ3) is 4.80. The van der Waals surface area contributed by atoms with Gasteiger partial charge in [0.2, 0.25) is 6.61 Å². The lowest BCUT2D eigenvalue weighted by atomic mass is 9.68. The second-order valence-corrected chi connectivity index (χ2v) is 11.8. The van der Waals surface area contributed by atoms with Crippen LogP contribution in [0.5, 0.6) is 0 Å². The number of oxime groups is 1. The fraction of sp³-hybridized carbons (Fsp3) is 0.655. The van der Waals surface area contributed by atoms with Gasteiger partial charge in [-0.1, -0.05) is 43.0 Å². The Bertz CT molecular complexity index is 1230. The van der Waals surface area contributed by atoms with E-state index >= 15 is 0 Å². The molecule has 2 saturated carbocycles. The molecule has 1 aromatic carbocycles. The first kappa shape index (κ1) is 24.6. The lowest BCUT2D eigenvalue weighted by Gasteiger charge is -2.55. The minimum Gasteiger partial charge on any atom is -0.479 e. The van der Waals surface area contributed by atoms with Gasteiger partial charge in [-0.3, -0.25) is 9.69 Å². The van der Waals surface area contributed by atoms with Crippen LogP contribution in [0.25, 0.3) is 11.0 Å². The van der Waals surface area contributed by atoms with Crippen molar-refractivity contribution in [2.24, 2.45) is 17.0 Å². The molecule has 4 aliphatic rings. The van der Waals surface area contributed by atoms with Gasteiger partial charge in [0.25, 0.3) is 5.56 Å². The van der Waals surface area contributed by atoms with Crippen LogP contribution in [0.2, 0.25) is 0 Å². The summed E-state index contributed by atoms with van der Waals surface area (Å²) >= 11 is 0. The number of aliphatic carboxylic acids is 1. The molecular weight excluding hydrogens is 468 g/mol. The highest BCUT2D eigenvalue weighted by Crippen LogP contribution is 2.47. The molecule has 3 heterocycles. The summed E-state index contributed by atoms with van der Waals surface area (Å²) in [4.78, 5) is 37.2. The Morgan fingerprint density at radius 1 is 0.973 bits per heavy atom. The summed E-state index contributed by atoms with van der Waals surface area (Å²) in [5.74, 6) is 0.715. The Kier molecular flexibility index (Phi) is 6.78. The average molecular weight is 507 g/mol. The largest absolute Gasteiger partial charge is 0.479 e. The van der Waals surface area contributed by atoms with E-state index < -0.39 is 12.6 Å². The SMILES string of the molecule is C/C(=N\OCC(=O)O)c1nc2ccccc2n([C@H]2C[C@H]3CCC[C@@H](C2)N3C2C[C@H]3CCC[C@@H](C2)C3)c1=O. The molecule has 6 rings (SSSR count). The maximum atomic E-state index is 13.9. The Hall–Kier alpha value is -2.74. The molecule has 8 heteroatoms. The predicted molar refractivity (Wildman–Crippen MR) is 142 cm³/mol. The first-order chi connectivity index (χ1) is 18.0.